The number of rotatable bonds is 8. The van der Waals surface area contributed by atoms with E-state index in [1.54, 1.807) is 14.2 Å². The number of halogens is 1. The van der Waals surface area contributed by atoms with E-state index in [1.165, 1.54) is 0 Å². The molecule has 0 radical (unpaired) electrons. The van der Waals surface area contributed by atoms with Crippen molar-refractivity contribution in [3.05, 3.63) is 22.2 Å². The predicted octanol–water partition coefficient (Wildman–Crippen LogP) is 4.27. The number of sulfonamides is 1. The van der Waals surface area contributed by atoms with E-state index in [4.69, 9.17) is 9.47 Å². The molecular formula is C18H28BrNO4S. The SMILES string of the molecule is CC[C@@H](NS(=O)(=O)CC1CCC(C)C1)c1cc(OC)c(OC)cc1Br. The summed E-state index contributed by atoms with van der Waals surface area (Å²) >= 11 is 3.53. The Morgan fingerprint density at radius 2 is 1.88 bits per heavy atom. The summed E-state index contributed by atoms with van der Waals surface area (Å²) in [7, 11) is -0.195. The summed E-state index contributed by atoms with van der Waals surface area (Å²) in [4.78, 5) is 0. The fraction of sp³-hybridized carbons (Fsp3) is 0.667. The molecule has 142 valence electrons. The lowest BCUT2D eigenvalue weighted by Crippen LogP contribution is -2.32. The molecule has 0 bridgehead atoms. The fourth-order valence-corrected chi connectivity index (χ4v) is 5.90. The minimum absolute atomic E-state index is 0.207. The lowest BCUT2D eigenvalue weighted by molar-refractivity contribution is 0.353. The summed E-state index contributed by atoms with van der Waals surface area (Å²) in [5.74, 6) is 2.29. The zero-order valence-electron chi connectivity index (χ0n) is 15.3. The van der Waals surface area contributed by atoms with Crippen molar-refractivity contribution in [3.63, 3.8) is 0 Å². The molecule has 0 aliphatic heterocycles. The van der Waals surface area contributed by atoms with Gasteiger partial charge in [0, 0.05) is 10.5 Å². The maximum atomic E-state index is 12.6. The van der Waals surface area contributed by atoms with Crippen LogP contribution in [0.1, 0.15) is 51.1 Å². The number of hydrogen-bond donors (Lipinski definition) is 1. The monoisotopic (exact) mass is 433 g/mol. The second-order valence-electron chi connectivity index (χ2n) is 6.87. The van der Waals surface area contributed by atoms with Crippen LogP contribution in [0.5, 0.6) is 11.5 Å². The van der Waals surface area contributed by atoms with Crippen LogP contribution in [0.2, 0.25) is 0 Å². The van der Waals surface area contributed by atoms with E-state index in [0.717, 1.165) is 29.3 Å². The van der Waals surface area contributed by atoms with Crippen LogP contribution in [0.25, 0.3) is 0 Å². The first-order valence-electron chi connectivity index (χ1n) is 8.71. The molecule has 1 saturated carbocycles. The first-order chi connectivity index (χ1) is 11.8. The van der Waals surface area contributed by atoms with Gasteiger partial charge in [-0.3, -0.25) is 0 Å². The lowest BCUT2D eigenvalue weighted by atomic mass is 10.0. The third-order valence-electron chi connectivity index (χ3n) is 4.87. The molecule has 25 heavy (non-hydrogen) atoms. The van der Waals surface area contributed by atoms with Gasteiger partial charge in [-0.15, -0.1) is 0 Å². The van der Waals surface area contributed by atoms with E-state index in [1.807, 2.05) is 19.1 Å². The van der Waals surface area contributed by atoms with Crippen LogP contribution in [-0.2, 0) is 10.0 Å². The van der Waals surface area contributed by atoms with E-state index in [9.17, 15) is 8.42 Å². The van der Waals surface area contributed by atoms with Crippen molar-refractivity contribution in [2.24, 2.45) is 11.8 Å². The molecule has 1 fully saturated rings. The minimum atomic E-state index is -3.34. The molecule has 0 spiro atoms. The number of benzene rings is 1. The molecule has 2 rings (SSSR count). The summed E-state index contributed by atoms with van der Waals surface area (Å²) in [5.41, 5.74) is 0.850. The van der Waals surface area contributed by atoms with Crippen molar-refractivity contribution in [3.8, 4) is 11.5 Å². The van der Waals surface area contributed by atoms with Gasteiger partial charge in [-0.25, -0.2) is 13.1 Å². The zero-order chi connectivity index (χ0) is 18.6. The molecule has 0 saturated heterocycles. The summed E-state index contributed by atoms with van der Waals surface area (Å²) in [6.07, 6.45) is 3.77. The second kappa shape index (κ2) is 8.73. The first-order valence-corrected chi connectivity index (χ1v) is 11.2. The fourth-order valence-electron chi connectivity index (χ4n) is 3.56. The third kappa shape index (κ3) is 5.34. The molecule has 1 aliphatic rings. The summed E-state index contributed by atoms with van der Waals surface area (Å²) in [5, 5.41) is 0. The average Bonchev–Trinajstić information content (AvgIpc) is 2.96. The smallest absolute Gasteiger partial charge is 0.212 e. The molecule has 0 heterocycles. The van der Waals surface area contributed by atoms with Gasteiger partial charge in [0.15, 0.2) is 11.5 Å². The van der Waals surface area contributed by atoms with Gasteiger partial charge in [0.2, 0.25) is 10.0 Å². The van der Waals surface area contributed by atoms with E-state index in [2.05, 4.69) is 27.6 Å². The quantitative estimate of drug-likeness (QED) is 0.664. The largest absolute Gasteiger partial charge is 0.493 e. The number of hydrogen-bond acceptors (Lipinski definition) is 4. The number of nitrogens with one attached hydrogen (secondary N) is 1. The van der Waals surface area contributed by atoms with Crippen LogP contribution in [0.4, 0.5) is 0 Å². The lowest BCUT2D eigenvalue weighted by Gasteiger charge is -2.21. The maximum absolute atomic E-state index is 12.6. The Balaban J connectivity index is 2.19. The van der Waals surface area contributed by atoms with Gasteiger partial charge < -0.3 is 9.47 Å². The molecule has 1 aromatic carbocycles. The molecule has 1 aliphatic carbocycles. The Labute approximate surface area is 159 Å². The summed E-state index contributed by atoms with van der Waals surface area (Å²) < 4.78 is 39.6. The van der Waals surface area contributed by atoms with Crippen molar-refractivity contribution in [1.29, 1.82) is 0 Å². The molecular weight excluding hydrogens is 406 g/mol. The zero-order valence-corrected chi connectivity index (χ0v) is 17.7. The van der Waals surface area contributed by atoms with Crippen LogP contribution >= 0.6 is 15.9 Å². The van der Waals surface area contributed by atoms with Gasteiger partial charge in [0.25, 0.3) is 0 Å². The molecule has 2 unspecified atom stereocenters. The second-order valence-corrected chi connectivity index (χ2v) is 9.53. The first kappa shape index (κ1) is 20.5. The van der Waals surface area contributed by atoms with Crippen molar-refractivity contribution in [2.75, 3.05) is 20.0 Å². The van der Waals surface area contributed by atoms with Gasteiger partial charge in [0.05, 0.1) is 20.0 Å². The molecule has 1 N–H and O–H groups in total. The van der Waals surface area contributed by atoms with Crippen LogP contribution in [-0.4, -0.2) is 28.4 Å². The van der Waals surface area contributed by atoms with E-state index in [0.29, 0.717) is 23.8 Å². The maximum Gasteiger partial charge on any atom is 0.212 e. The van der Waals surface area contributed by atoms with Crippen molar-refractivity contribution in [1.82, 2.24) is 4.72 Å². The Hall–Kier alpha value is -0.790. The minimum Gasteiger partial charge on any atom is -0.493 e. The topological polar surface area (TPSA) is 64.6 Å². The molecule has 5 nitrogen and oxygen atoms in total. The van der Waals surface area contributed by atoms with Gasteiger partial charge in [-0.05, 0) is 48.8 Å². The summed E-state index contributed by atoms with van der Waals surface area (Å²) in [6, 6.07) is 3.33. The van der Waals surface area contributed by atoms with Crippen LogP contribution < -0.4 is 14.2 Å². The van der Waals surface area contributed by atoms with Crippen molar-refractivity contribution < 1.29 is 17.9 Å². The highest BCUT2D eigenvalue weighted by Crippen LogP contribution is 2.37. The van der Waals surface area contributed by atoms with Gasteiger partial charge in [-0.1, -0.05) is 36.2 Å². The molecule has 0 aromatic heterocycles. The highest BCUT2D eigenvalue weighted by atomic mass is 79.9. The standard InChI is InChI=1S/C18H28BrNO4S/c1-5-16(14-9-17(23-3)18(24-4)10-15(14)19)20-25(21,22)11-13-7-6-12(2)8-13/h9-10,12-13,16,20H,5-8,11H2,1-4H3/t12?,13?,16-/m1/s1. The summed E-state index contributed by atoms with van der Waals surface area (Å²) in [6.45, 7) is 4.16. The van der Waals surface area contributed by atoms with Crippen LogP contribution in [0.15, 0.2) is 16.6 Å². The van der Waals surface area contributed by atoms with E-state index in [-0.39, 0.29) is 17.7 Å². The number of ether oxygens (including phenoxy) is 2. The van der Waals surface area contributed by atoms with Gasteiger partial charge in [-0.2, -0.15) is 0 Å². The van der Waals surface area contributed by atoms with Crippen molar-refractivity contribution >= 4 is 26.0 Å². The predicted molar refractivity (Wildman–Crippen MR) is 104 cm³/mol. The molecule has 7 heteroatoms. The van der Waals surface area contributed by atoms with Gasteiger partial charge in [0.1, 0.15) is 0 Å². The Kier molecular flexibility index (Phi) is 7.17. The highest BCUT2D eigenvalue weighted by Gasteiger charge is 2.28. The molecule has 1 aromatic rings. The Morgan fingerprint density at radius 1 is 1.24 bits per heavy atom. The highest BCUT2D eigenvalue weighted by molar-refractivity contribution is 9.10. The van der Waals surface area contributed by atoms with E-state index < -0.39 is 10.0 Å². The molecule has 0 amide bonds. The van der Waals surface area contributed by atoms with Gasteiger partial charge >= 0.3 is 0 Å². The third-order valence-corrected chi connectivity index (χ3v) is 7.11. The van der Waals surface area contributed by atoms with Crippen LogP contribution in [0.3, 0.4) is 0 Å². The van der Waals surface area contributed by atoms with E-state index >= 15 is 0 Å². The normalized spacial score (nSPS) is 22.0. The Bertz CT molecular complexity index is 693. The van der Waals surface area contributed by atoms with Crippen molar-refractivity contribution in [2.45, 2.75) is 45.6 Å². The van der Waals surface area contributed by atoms with Crippen LogP contribution in [0, 0.1) is 11.8 Å². The average molecular weight is 434 g/mol. The molecule has 3 atom stereocenters. The number of methoxy groups -OCH3 is 2. The Morgan fingerprint density at radius 3 is 2.40 bits per heavy atom.